The Morgan fingerprint density at radius 1 is 0.625 bits per heavy atom. The van der Waals surface area contributed by atoms with Gasteiger partial charge in [-0.25, -0.2) is 0 Å². The van der Waals surface area contributed by atoms with Crippen LogP contribution in [0.3, 0.4) is 0 Å². The average Bonchev–Trinajstić information content (AvgIpc) is 3.47. The van der Waals surface area contributed by atoms with Crippen molar-refractivity contribution in [3.8, 4) is 0 Å². The summed E-state index contributed by atoms with van der Waals surface area (Å²) in [6.07, 6.45) is 3.91. The highest BCUT2D eigenvalue weighted by molar-refractivity contribution is 5.98. The van der Waals surface area contributed by atoms with Crippen molar-refractivity contribution >= 4 is 11.8 Å². The molecule has 0 spiro atoms. The molecule has 4 heteroatoms. The van der Waals surface area contributed by atoms with E-state index in [1.165, 1.54) is 22.3 Å². The van der Waals surface area contributed by atoms with E-state index in [0.717, 1.165) is 25.7 Å². The standard InChI is InChI=1S/C28H28N2O2/c1-29(25-17-15-19-7-3-5-9-23(19)25)27(31)21-11-13-22(14-12-21)28(32)30(2)26-18-16-20-8-4-6-10-24(20)26/h3-14,25-26H,15-18H2,1-2H3. The van der Waals surface area contributed by atoms with Gasteiger partial charge in [0.2, 0.25) is 0 Å². The van der Waals surface area contributed by atoms with Gasteiger partial charge in [-0.2, -0.15) is 0 Å². The molecule has 0 N–H and O–H groups in total. The number of nitrogens with zero attached hydrogens (tertiary/aromatic N) is 2. The van der Waals surface area contributed by atoms with Crippen molar-refractivity contribution in [3.63, 3.8) is 0 Å². The van der Waals surface area contributed by atoms with Crippen molar-refractivity contribution in [2.45, 2.75) is 37.8 Å². The monoisotopic (exact) mass is 424 g/mol. The van der Waals surface area contributed by atoms with Gasteiger partial charge in [0.15, 0.2) is 0 Å². The average molecular weight is 425 g/mol. The van der Waals surface area contributed by atoms with Crippen LogP contribution >= 0.6 is 0 Å². The Bertz CT molecular complexity index is 1080. The van der Waals surface area contributed by atoms with Crippen LogP contribution in [-0.4, -0.2) is 35.7 Å². The van der Waals surface area contributed by atoms with Crippen molar-refractivity contribution in [2.24, 2.45) is 0 Å². The zero-order valence-corrected chi connectivity index (χ0v) is 18.6. The minimum atomic E-state index is -0.0104. The minimum Gasteiger partial charge on any atom is -0.335 e. The molecule has 3 aromatic rings. The van der Waals surface area contributed by atoms with Crippen molar-refractivity contribution < 1.29 is 9.59 Å². The Hall–Kier alpha value is -3.40. The van der Waals surface area contributed by atoms with E-state index in [4.69, 9.17) is 0 Å². The fraction of sp³-hybridized carbons (Fsp3) is 0.286. The highest BCUT2D eigenvalue weighted by Crippen LogP contribution is 2.36. The molecule has 0 saturated carbocycles. The number of carbonyl (C=O) groups excluding carboxylic acids is 2. The maximum Gasteiger partial charge on any atom is 0.254 e. The maximum absolute atomic E-state index is 13.1. The second-order valence-electron chi connectivity index (χ2n) is 8.92. The van der Waals surface area contributed by atoms with Crippen molar-refractivity contribution in [3.05, 3.63) is 106 Å². The van der Waals surface area contributed by atoms with Gasteiger partial charge in [0.05, 0.1) is 12.1 Å². The van der Waals surface area contributed by atoms with Gasteiger partial charge in [0, 0.05) is 25.2 Å². The van der Waals surface area contributed by atoms with Gasteiger partial charge in [-0.3, -0.25) is 9.59 Å². The molecule has 2 atom stereocenters. The number of benzene rings is 3. The zero-order valence-electron chi connectivity index (χ0n) is 18.6. The fourth-order valence-corrected chi connectivity index (χ4v) is 5.32. The van der Waals surface area contributed by atoms with Crippen LogP contribution in [0, 0.1) is 0 Å². The van der Waals surface area contributed by atoms with E-state index >= 15 is 0 Å². The van der Waals surface area contributed by atoms with Crippen LogP contribution in [0.1, 0.15) is 67.9 Å². The summed E-state index contributed by atoms with van der Waals surface area (Å²) in [6.45, 7) is 0. The van der Waals surface area contributed by atoms with E-state index in [0.29, 0.717) is 11.1 Å². The molecule has 162 valence electrons. The summed E-state index contributed by atoms with van der Waals surface area (Å²) in [5, 5.41) is 0. The largest absolute Gasteiger partial charge is 0.335 e. The van der Waals surface area contributed by atoms with E-state index in [1.807, 2.05) is 36.0 Å². The molecule has 0 saturated heterocycles. The third-order valence-electron chi connectivity index (χ3n) is 7.16. The van der Waals surface area contributed by atoms with Crippen molar-refractivity contribution in [1.29, 1.82) is 0 Å². The molecule has 2 aliphatic rings. The van der Waals surface area contributed by atoms with E-state index in [2.05, 4.69) is 36.4 Å². The highest BCUT2D eigenvalue weighted by atomic mass is 16.2. The van der Waals surface area contributed by atoms with Gasteiger partial charge in [-0.15, -0.1) is 0 Å². The molecule has 0 radical (unpaired) electrons. The number of rotatable bonds is 4. The van der Waals surface area contributed by atoms with Crippen molar-refractivity contribution in [1.82, 2.24) is 9.80 Å². The number of fused-ring (bicyclic) bond motifs is 2. The smallest absolute Gasteiger partial charge is 0.254 e. The third kappa shape index (κ3) is 3.50. The molecule has 0 aliphatic heterocycles. The first kappa shape index (κ1) is 20.5. The Labute approximate surface area is 189 Å². The predicted octanol–water partition coefficient (Wildman–Crippen LogP) is 5.21. The molecule has 4 nitrogen and oxygen atoms in total. The molecular formula is C28H28N2O2. The summed E-state index contributed by atoms with van der Waals surface area (Å²) in [7, 11) is 3.75. The van der Waals surface area contributed by atoms with Crippen LogP contribution in [0.25, 0.3) is 0 Å². The Balaban J connectivity index is 1.30. The van der Waals surface area contributed by atoms with E-state index in [-0.39, 0.29) is 23.9 Å². The van der Waals surface area contributed by atoms with Gasteiger partial charge in [0.1, 0.15) is 0 Å². The summed E-state index contributed by atoms with van der Waals surface area (Å²) in [4.78, 5) is 29.9. The number of carbonyl (C=O) groups is 2. The Morgan fingerprint density at radius 3 is 1.41 bits per heavy atom. The quantitative estimate of drug-likeness (QED) is 0.577. The molecule has 32 heavy (non-hydrogen) atoms. The van der Waals surface area contributed by atoms with Gasteiger partial charge in [-0.05, 0) is 72.2 Å². The zero-order chi connectivity index (χ0) is 22.2. The lowest BCUT2D eigenvalue weighted by Crippen LogP contribution is -2.31. The molecule has 2 unspecified atom stereocenters. The maximum atomic E-state index is 13.1. The Kier molecular flexibility index (Phi) is 5.30. The van der Waals surface area contributed by atoms with E-state index < -0.39 is 0 Å². The summed E-state index contributed by atoms with van der Waals surface area (Å²) >= 11 is 0. The van der Waals surface area contributed by atoms with Gasteiger partial charge < -0.3 is 9.80 Å². The minimum absolute atomic E-state index is 0.0104. The molecular weight excluding hydrogens is 396 g/mol. The number of hydrogen-bond acceptors (Lipinski definition) is 2. The molecule has 0 bridgehead atoms. The number of amides is 2. The highest BCUT2D eigenvalue weighted by Gasteiger charge is 2.30. The lowest BCUT2D eigenvalue weighted by molar-refractivity contribution is 0.0719. The molecule has 0 aromatic heterocycles. The molecule has 2 aliphatic carbocycles. The number of hydrogen-bond donors (Lipinski definition) is 0. The first-order valence-corrected chi connectivity index (χ1v) is 11.3. The molecule has 3 aromatic carbocycles. The van der Waals surface area contributed by atoms with Crippen LogP contribution in [0.5, 0.6) is 0 Å². The SMILES string of the molecule is CN(C(=O)c1ccc(C(=O)N(C)C2CCc3ccccc32)cc1)C1CCc2ccccc21. The molecule has 0 fully saturated rings. The van der Waals surface area contributed by atoms with Crippen LogP contribution in [0.2, 0.25) is 0 Å². The molecule has 2 amide bonds. The lowest BCUT2D eigenvalue weighted by atomic mass is 10.0. The van der Waals surface area contributed by atoms with Crippen LogP contribution in [0.4, 0.5) is 0 Å². The predicted molar refractivity (Wildman–Crippen MR) is 126 cm³/mol. The van der Waals surface area contributed by atoms with Gasteiger partial charge in [-0.1, -0.05) is 48.5 Å². The van der Waals surface area contributed by atoms with Crippen LogP contribution in [-0.2, 0) is 12.8 Å². The van der Waals surface area contributed by atoms with Gasteiger partial charge in [0.25, 0.3) is 11.8 Å². The van der Waals surface area contributed by atoms with Crippen molar-refractivity contribution in [2.75, 3.05) is 14.1 Å². The van der Waals surface area contributed by atoms with Crippen LogP contribution < -0.4 is 0 Å². The van der Waals surface area contributed by atoms with E-state index in [1.54, 1.807) is 24.3 Å². The lowest BCUT2D eigenvalue weighted by Gasteiger charge is -2.26. The second-order valence-corrected chi connectivity index (χ2v) is 8.92. The first-order valence-electron chi connectivity index (χ1n) is 11.3. The molecule has 0 heterocycles. The normalized spacial score (nSPS) is 18.7. The summed E-state index contributed by atoms with van der Waals surface area (Å²) in [5.74, 6) is -0.0208. The second kappa shape index (κ2) is 8.27. The third-order valence-corrected chi connectivity index (χ3v) is 7.16. The molecule has 5 rings (SSSR count). The number of aryl methyl sites for hydroxylation is 2. The summed E-state index contributed by atoms with van der Waals surface area (Å²) in [6, 6.07) is 24.1. The first-order chi connectivity index (χ1) is 15.5. The van der Waals surface area contributed by atoms with Gasteiger partial charge >= 0.3 is 0 Å². The topological polar surface area (TPSA) is 40.6 Å². The summed E-state index contributed by atoms with van der Waals surface area (Å²) in [5.41, 5.74) is 6.37. The fourth-order valence-electron chi connectivity index (χ4n) is 5.32. The Morgan fingerprint density at radius 2 is 1.00 bits per heavy atom. The van der Waals surface area contributed by atoms with E-state index in [9.17, 15) is 9.59 Å². The summed E-state index contributed by atoms with van der Waals surface area (Å²) < 4.78 is 0. The van der Waals surface area contributed by atoms with Crippen LogP contribution in [0.15, 0.2) is 72.8 Å².